The molecular formula is C14H30INS. The highest BCUT2D eigenvalue weighted by Crippen LogP contribution is 2.22. The topological polar surface area (TPSA) is 3.24 Å². The Morgan fingerprint density at radius 2 is 1.71 bits per heavy atom. The van der Waals surface area contributed by atoms with Crippen LogP contribution in [0.15, 0.2) is 0 Å². The lowest BCUT2D eigenvalue weighted by Crippen LogP contribution is -2.17. The molecule has 0 heterocycles. The first-order valence-electron chi connectivity index (χ1n) is 6.88. The molecule has 0 saturated carbocycles. The Morgan fingerprint density at radius 1 is 1.06 bits per heavy atom. The van der Waals surface area contributed by atoms with Crippen LogP contribution in [-0.2, 0) is 0 Å². The molecule has 0 rings (SSSR count). The van der Waals surface area contributed by atoms with E-state index in [-0.39, 0.29) is 0 Å². The van der Waals surface area contributed by atoms with Gasteiger partial charge in [0.2, 0.25) is 0 Å². The first-order chi connectivity index (χ1) is 8.06. The van der Waals surface area contributed by atoms with Gasteiger partial charge in [-0.2, -0.15) is 11.8 Å². The molecule has 0 unspecified atom stereocenters. The van der Waals surface area contributed by atoms with Crippen molar-refractivity contribution in [2.75, 3.05) is 30.8 Å². The lowest BCUT2D eigenvalue weighted by atomic mass is 10.0. The molecule has 1 atom stereocenters. The van der Waals surface area contributed by atoms with E-state index in [0.717, 1.165) is 11.2 Å². The van der Waals surface area contributed by atoms with E-state index >= 15 is 0 Å². The minimum atomic E-state index is 0.874. The zero-order chi connectivity index (χ0) is 13.1. The van der Waals surface area contributed by atoms with Gasteiger partial charge in [-0.15, -0.1) is 0 Å². The van der Waals surface area contributed by atoms with Crippen LogP contribution in [0.1, 0.15) is 46.0 Å². The van der Waals surface area contributed by atoms with Gasteiger partial charge in [0, 0.05) is 22.0 Å². The van der Waals surface area contributed by atoms with E-state index < -0.39 is 0 Å². The van der Waals surface area contributed by atoms with E-state index in [1.54, 1.807) is 0 Å². The number of halogens is 1. The molecule has 0 aliphatic rings. The SMILES string of the molecule is CC(C)CCCC[C@H](CCI)SCCN(C)C. The van der Waals surface area contributed by atoms with Crippen LogP contribution in [-0.4, -0.2) is 41.0 Å². The lowest BCUT2D eigenvalue weighted by molar-refractivity contribution is 0.437. The number of hydrogen-bond donors (Lipinski definition) is 0. The molecule has 0 fully saturated rings. The Bertz CT molecular complexity index is 162. The highest BCUT2D eigenvalue weighted by Gasteiger charge is 2.08. The van der Waals surface area contributed by atoms with Crippen molar-refractivity contribution in [3.8, 4) is 0 Å². The fourth-order valence-corrected chi connectivity index (χ4v) is 4.36. The van der Waals surface area contributed by atoms with Gasteiger partial charge in [0.25, 0.3) is 0 Å². The molecule has 0 aliphatic carbocycles. The maximum Gasteiger partial charge on any atom is 0.00663 e. The van der Waals surface area contributed by atoms with Crippen molar-refractivity contribution in [3.63, 3.8) is 0 Å². The van der Waals surface area contributed by atoms with Gasteiger partial charge in [0.15, 0.2) is 0 Å². The third-order valence-electron chi connectivity index (χ3n) is 2.88. The number of unbranched alkanes of at least 4 members (excludes halogenated alkanes) is 1. The van der Waals surface area contributed by atoms with Crippen LogP contribution in [0, 0.1) is 5.92 Å². The lowest BCUT2D eigenvalue weighted by Gasteiger charge is -2.17. The van der Waals surface area contributed by atoms with E-state index in [2.05, 4.69) is 67.2 Å². The summed E-state index contributed by atoms with van der Waals surface area (Å²) in [4.78, 5) is 2.28. The quantitative estimate of drug-likeness (QED) is 0.294. The largest absolute Gasteiger partial charge is 0.309 e. The highest BCUT2D eigenvalue weighted by atomic mass is 127. The van der Waals surface area contributed by atoms with Gasteiger partial charge in [-0.25, -0.2) is 0 Å². The van der Waals surface area contributed by atoms with Crippen LogP contribution in [0.5, 0.6) is 0 Å². The van der Waals surface area contributed by atoms with E-state index in [1.165, 1.54) is 48.8 Å². The molecule has 0 radical (unpaired) electrons. The maximum atomic E-state index is 2.52. The van der Waals surface area contributed by atoms with Crippen LogP contribution in [0.4, 0.5) is 0 Å². The normalized spacial score (nSPS) is 13.6. The summed E-state index contributed by atoms with van der Waals surface area (Å²) in [6, 6.07) is 0. The zero-order valence-corrected chi connectivity index (χ0v) is 15.0. The molecule has 17 heavy (non-hydrogen) atoms. The van der Waals surface area contributed by atoms with Gasteiger partial charge in [-0.1, -0.05) is 55.7 Å². The first-order valence-corrected chi connectivity index (χ1v) is 9.46. The smallest absolute Gasteiger partial charge is 0.00663 e. The van der Waals surface area contributed by atoms with Crippen molar-refractivity contribution in [1.82, 2.24) is 4.90 Å². The third-order valence-corrected chi connectivity index (χ3v) is 4.86. The van der Waals surface area contributed by atoms with Crippen LogP contribution >= 0.6 is 34.4 Å². The molecule has 0 amide bonds. The second-order valence-corrected chi connectivity index (χ2v) is 7.94. The molecule has 0 aromatic carbocycles. The number of alkyl halides is 1. The fraction of sp³-hybridized carbons (Fsp3) is 1.00. The third kappa shape index (κ3) is 13.3. The van der Waals surface area contributed by atoms with Gasteiger partial charge in [-0.05, 0) is 32.9 Å². The molecule has 0 bridgehead atoms. The summed E-state index contributed by atoms with van der Waals surface area (Å²) < 4.78 is 1.31. The zero-order valence-electron chi connectivity index (χ0n) is 12.0. The number of nitrogens with zero attached hydrogens (tertiary/aromatic N) is 1. The Kier molecular flexibility index (Phi) is 12.8. The Hall–Kier alpha value is 1.04. The van der Waals surface area contributed by atoms with Crippen molar-refractivity contribution in [2.24, 2.45) is 5.92 Å². The van der Waals surface area contributed by atoms with Crippen LogP contribution in [0.3, 0.4) is 0 Å². The van der Waals surface area contributed by atoms with Gasteiger partial charge in [0.1, 0.15) is 0 Å². The van der Waals surface area contributed by atoms with E-state index in [4.69, 9.17) is 0 Å². The number of rotatable bonds is 11. The van der Waals surface area contributed by atoms with Gasteiger partial charge >= 0.3 is 0 Å². The molecule has 0 saturated heterocycles. The van der Waals surface area contributed by atoms with Gasteiger partial charge in [0.05, 0.1) is 0 Å². The van der Waals surface area contributed by atoms with E-state index in [9.17, 15) is 0 Å². The molecule has 104 valence electrons. The second kappa shape index (κ2) is 12.1. The van der Waals surface area contributed by atoms with Crippen molar-refractivity contribution in [3.05, 3.63) is 0 Å². The highest BCUT2D eigenvalue weighted by molar-refractivity contribution is 14.1. The molecule has 0 N–H and O–H groups in total. The van der Waals surface area contributed by atoms with Gasteiger partial charge < -0.3 is 4.90 Å². The summed E-state index contributed by atoms with van der Waals surface area (Å²) in [5.41, 5.74) is 0. The van der Waals surface area contributed by atoms with Crippen molar-refractivity contribution < 1.29 is 0 Å². The molecule has 1 nitrogen and oxygen atoms in total. The Balaban J connectivity index is 3.59. The second-order valence-electron chi connectivity index (χ2n) is 5.45. The average Bonchev–Trinajstić information content (AvgIpc) is 2.23. The Morgan fingerprint density at radius 3 is 2.24 bits per heavy atom. The van der Waals surface area contributed by atoms with Crippen LogP contribution in [0.2, 0.25) is 0 Å². The summed E-state index contributed by atoms with van der Waals surface area (Å²) in [7, 11) is 4.33. The molecule has 0 aromatic heterocycles. The van der Waals surface area contributed by atoms with Gasteiger partial charge in [-0.3, -0.25) is 0 Å². The summed E-state index contributed by atoms with van der Waals surface area (Å²) in [6.07, 6.45) is 7.06. The minimum Gasteiger partial charge on any atom is -0.309 e. The summed E-state index contributed by atoms with van der Waals surface area (Å²) in [5.74, 6) is 2.16. The summed E-state index contributed by atoms with van der Waals surface area (Å²) in [6.45, 7) is 5.87. The minimum absolute atomic E-state index is 0.874. The van der Waals surface area contributed by atoms with E-state index in [0.29, 0.717) is 0 Å². The predicted molar refractivity (Wildman–Crippen MR) is 91.6 cm³/mol. The average molecular weight is 371 g/mol. The number of thioether (sulfide) groups is 1. The van der Waals surface area contributed by atoms with Crippen LogP contribution < -0.4 is 0 Å². The first kappa shape index (κ1) is 18.0. The Labute approximate surface area is 127 Å². The predicted octanol–water partition coefficient (Wildman–Crippen LogP) is 4.69. The maximum absolute atomic E-state index is 2.52. The summed E-state index contributed by atoms with van der Waals surface area (Å²) in [5, 5.41) is 0.902. The molecular weight excluding hydrogens is 341 g/mol. The van der Waals surface area contributed by atoms with Crippen molar-refractivity contribution in [2.45, 2.75) is 51.2 Å². The number of hydrogen-bond acceptors (Lipinski definition) is 2. The standard InChI is InChI=1S/C14H30INS/c1-13(2)7-5-6-8-14(9-10-15)17-12-11-16(3)4/h13-14H,5-12H2,1-4H3/t14-/m1/s1. The monoisotopic (exact) mass is 371 g/mol. The van der Waals surface area contributed by atoms with Crippen molar-refractivity contribution >= 4 is 34.4 Å². The molecule has 0 aliphatic heterocycles. The summed E-state index contributed by atoms with van der Waals surface area (Å²) >= 11 is 4.70. The van der Waals surface area contributed by atoms with E-state index in [1.807, 2.05) is 0 Å². The van der Waals surface area contributed by atoms with Crippen molar-refractivity contribution in [1.29, 1.82) is 0 Å². The van der Waals surface area contributed by atoms with Crippen LogP contribution in [0.25, 0.3) is 0 Å². The fourth-order valence-electron chi connectivity index (χ4n) is 1.76. The molecule has 3 heteroatoms. The molecule has 0 aromatic rings. The molecule has 0 spiro atoms.